The van der Waals surface area contributed by atoms with E-state index < -0.39 is 5.97 Å². The third kappa shape index (κ3) is 3.80. The molecule has 0 unspecified atom stereocenters. The normalized spacial score (nSPS) is 10.4. The molecule has 0 heterocycles. The molecule has 0 aliphatic carbocycles. The van der Waals surface area contributed by atoms with Gasteiger partial charge in [0.15, 0.2) is 18.1 Å². The molecular weight excluding hydrogens is 232 g/mol. The Bertz CT molecular complexity index is 424. The van der Waals surface area contributed by atoms with Crippen molar-refractivity contribution in [1.29, 1.82) is 0 Å². The summed E-state index contributed by atoms with van der Waals surface area (Å²) in [6.45, 7) is 3.88. The molecule has 0 saturated carbocycles. The lowest BCUT2D eigenvalue weighted by Gasteiger charge is -2.12. The van der Waals surface area contributed by atoms with Crippen LogP contribution in [0.5, 0.6) is 11.5 Å². The van der Waals surface area contributed by atoms with Gasteiger partial charge in [-0.15, -0.1) is 0 Å². The van der Waals surface area contributed by atoms with Gasteiger partial charge in [0, 0.05) is 5.56 Å². The first-order chi connectivity index (χ1) is 8.72. The van der Waals surface area contributed by atoms with Gasteiger partial charge in [-0.2, -0.15) is 0 Å². The van der Waals surface area contributed by atoms with Gasteiger partial charge in [-0.05, 0) is 19.9 Å². The molecule has 0 aromatic heterocycles. The minimum atomic E-state index is -0.394. The van der Waals surface area contributed by atoms with Crippen molar-refractivity contribution in [3.05, 3.63) is 29.8 Å². The van der Waals surface area contributed by atoms with Gasteiger partial charge in [-0.25, -0.2) is 4.79 Å². The molecule has 4 nitrogen and oxygen atoms in total. The minimum Gasteiger partial charge on any atom is -0.493 e. The fourth-order valence-electron chi connectivity index (χ4n) is 1.49. The summed E-state index contributed by atoms with van der Waals surface area (Å²) >= 11 is 0. The Balaban J connectivity index is 2.87. The third-order valence-corrected chi connectivity index (χ3v) is 2.22. The first-order valence-corrected chi connectivity index (χ1v) is 5.81. The maximum Gasteiger partial charge on any atom is 0.344 e. The molecule has 0 aliphatic heterocycles. The SMILES string of the molecule is C/C=C/c1cccc(OC)c1OCC(=O)OCC. The topological polar surface area (TPSA) is 44.8 Å². The number of ether oxygens (including phenoxy) is 3. The molecule has 0 atom stereocenters. The predicted octanol–water partition coefficient (Wildman–Crippen LogP) is 2.67. The number of hydrogen-bond acceptors (Lipinski definition) is 4. The van der Waals surface area contributed by atoms with Crippen LogP contribution in [-0.4, -0.2) is 26.3 Å². The van der Waals surface area contributed by atoms with Crippen LogP contribution in [0.1, 0.15) is 19.4 Å². The Morgan fingerprint density at radius 1 is 1.39 bits per heavy atom. The second kappa shape index (κ2) is 7.37. The molecule has 0 fully saturated rings. The van der Waals surface area contributed by atoms with Gasteiger partial charge in [0.05, 0.1) is 13.7 Å². The maximum absolute atomic E-state index is 11.3. The van der Waals surface area contributed by atoms with Crippen LogP contribution in [0.15, 0.2) is 24.3 Å². The highest BCUT2D eigenvalue weighted by Gasteiger charge is 2.11. The van der Waals surface area contributed by atoms with Crippen molar-refractivity contribution in [3.63, 3.8) is 0 Å². The largest absolute Gasteiger partial charge is 0.493 e. The third-order valence-electron chi connectivity index (χ3n) is 2.22. The Hall–Kier alpha value is -1.97. The fourth-order valence-corrected chi connectivity index (χ4v) is 1.49. The van der Waals surface area contributed by atoms with Crippen LogP contribution in [0.25, 0.3) is 6.08 Å². The summed E-state index contributed by atoms with van der Waals surface area (Å²) in [6, 6.07) is 5.54. The molecule has 1 aromatic carbocycles. The minimum absolute atomic E-state index is 0.126. The van der Waals surface area contributed by atoms with Crippen molar-refractivity contribution >= 4 is 12.0 Å². The Morgan fingerprint density at radius 2 is 2.17 bits per heavy atom. The maximum atomic E-state index is 11.3. The molecule has 1 rings (SSSR count). The molecule has 98 valence electrons. The number of para-hydroxylation sites is 1. The summed E-state index contributed by atoms with van der Waals surface area (Å²) in [7, 11) is 1.56. The van der Waals surface area contributed by atoms with E-state index >= 15 is 0 Å². The van der Waals surface area contributed by atoms with Crippen molar-refractivity contribution in [2.75, 3.05) is 20.3 Å². The summed E-state index contributed by atoms with van der Waals surface area (Å²) in [4.78, 5) is 11.3. The van der Waals surface area contributed by atoms with Crippen LogP contribution >= 0.6 is 0 Å². The molecular formula is C14H18O4. The molecule has 0 N–H and O–H groups in total. The molecule has 18 heavy (non-hydrogen) atoms. The zero-order valence-corrected chi connectivity index (χ0v) is 10.9. The molecule has 0 bridgehead atoms. The quantitative estimate of drug-likeness (QED) is 0.728. The van der Waals surface area contributed by atoms with Crippen molar-refractivity contribution in [2.45, 2.75) is 13.8 Å². The van der Waals surface area contributed by atoms with Gasteiger partial charge in [0.2, 0.25) is 0 Å². The summed E-state index contributed by atoms with van der Waals surface area (Å²) < 4.78 is 15.5. The fraction of sp³-hybridized carbons (Fsp3) is 0.357. The van der Waals surface area contributed by atoms with Crippen LogP contribution in [0.2, 0.25) is 0 Å². The molecule has 4 heteroatoms. The molecule has 0 spiro atoms. The summed E-state index contributed by atoms with van der Waals surface area (Å²) in [5.74, 6) is 0.746. The lowest BCUT2D eigenvalue weighted by atomic mass is 10.1. The van der Waals surface area contributed by atoms with Crippen LogP contribution in [0.3, 0.4) is 0 Å². The molecule has 1 aromatic rings. The first kappa shape index (κ1) is 14.1. The van der Waals surface area contributed by atoms with E-state index in [1.165, 1.54) is 0 Å². The van der Waals surface area contributed by atoms with Gasteiger partial charge >= 0.3 is 5.97 Å². The predicted molar refractivity (Wildman–Crippen MR) is 69.8 cm³/mol. The Morgan fingerprint density at radius 3 is 2.78 bits per heavy atom. The van der Waals surface area contributed by atoms with Crippen molar-refractivity contribution < 1.29 is 19.0 Å². The molecule has 0 amide bonds. The first-order valence-electron chi connectivity index (χ1n) is 5.81. The van der Waals surface area contributed by atoms with Gasteiger partial charge in [-0.1, -0.05) is 24.3 Å². The highest BCUT2D eigenvalue weighted by Crippen LogP contribution is 2.31. The van der Waals surface area contributed by atoms with E-state index in [9.17, 15) is 4.79 Å². The summed E-state index contributed by atoms with van der Waals surface area (Å²) in [5.41, 5.74) is 0.862. The van der Waals surface area contributed by atoms with Crippen molar-refractivity contribution in [2.24, 2.45) is 0 Å². The monoisotopic (exact) mass is 250 g/mol. The number of esters is 1. The van der Waals surface area contributed by atoms with Gasteiger partial charge in [0.1, 0.15) is 0 Å². The van der Waals surface area contributed by atoms with Crippen molar-refractivity contribution in [3.8, 4) is 11.5 Å². The average Bonchev–Trinajstić information content (AvgIpc) is 2.37. The van der Waals surface area contributed by atoms with Crippen LogP contribution < -0.4 is 9.47 Å². The van der Waals surface area contributed by atoms with E-state index in [2.05, 4.69) is 0 Å². The number of carbonyl (C=O) groups excluding carboxylic acids is 1. The Labute approximate surface area is 107 Å². The Kier molecular flexibility index (Phi) is 5.77. The summed E-state index contributed by atoms with van der Waals surface area (Å²) in [6.07, 6.45) is 3.79. The van der Waals surface area contributed by atoms with Gasteiger partial charge < -0.3 is 14.2 Å². The number of allylic oxidation sites excluding steroid dienone is 1. The number of carbonyl (C=O) groups is 1. The second-order valence-electron chi connectivity index (χ2n) is 3.47. The van der Waals surface area contributed by atoms with Crippen LogP contribution in [0, 0.1) is 0 Å². The highest BCUT2D eigenvalue weighted by molar-refractivity contribution is 5.72. The van der Waals surface area contributed by atoms with E-state index in [1.54, 1.807) is 20.1 Å². The number of benzene rings is 1. The number of rotatable bonds is 6. The number of hydrogen-bond donors (Lipinski definition) is 0. The molecule has 0 radical (unpaired) electrons. The van der Waals surface area contributed by atoms with Crippen LogP contribution in [0.4, 0.5) is 0 Å². The lowest BCUT2D eigenvalue weighted by Crippen LogP contribution is -2.15. The van der Waals surface area contributed by atoms with E-state index in [1.807, 2.05) is 31.2 Å². The smallest absolute Gasteiger partial charge is 0.344 e. The lowest BCUT2D eigenvalue weighted by molar-refractivity contribution is -0.145. The zero-order chi connectivity index (χ0) is 13.4. The van der Waals surface area contributed by atoms with E-state index in [4.69, 9.17) is 14.2 Å². The molecule has 0 saturated heterocycles. The van der Waals surface area contributed by atoms with Crippen molar-refractivity contribution in [1.82, 2.24) is 0 Å². The molecule has 0 aliphatic rings. The van der Waals surface area contributed by atoms with Gasteiger partial charge in [-0.3, -0.25) is 0 Å². The standard InChI is InChI=1S/C14H18O4/c1-4-7-11-8-6-9-12(16-3)14(11)18-10-13(15)17-5-2/h4,6-9H,5,10H2,1-3H3/b7-4+. The number of methoxy groups -OCH3 is 1. The van der Waals surface area contributed by atoms with E-state index in [0.717, 1.165) is 5.56 Å². The second-order valence-corrected chi connectivity index (χ2v) is 3.47. The average molecular weight is 250 g/mol. The van der Waals surface area contributed by atoms with Crippen LogP contribution in [-0.2, 0) is 9.53 Å². The summed E-state index contributed by atoms with van der Waals surface area (Å²) in [5, 5.41) is 0. The highest BCUT2D eigenvalue weighted by atomic mass is 16.6. The van der Waals surface area contributed by atoms with E-state index in [0.29, 0.717) is 18.1 Å². The zero-order valence-electron chi connectivity index (χ0n) is 10.9. The van der Waals surface area contributed by atoms with E-state index in [-0.39, 0.29) is 6.61 Å². The van der Waals surface area contributed by atoms with Gasteiger partial charge in [0.25, 0.3) is 0 Å².